The van der Waals surface area contributed by atoms with Gasteiger partial charge < -0.3 is 4.90 Å². The Hall–Kier alpha value is -2.70. The maximum absolute atomic E-state index is 12.6. The normalized spacial score (nSPS) is 22.6. The highest BCUT2D eigenvalue weighted by Crippen LogP contribution is 2.38. The van der Waals surface area contributed by atoms with Crippen LogP contribution >= 0.6 is 0 Å². The van der Waals surface area contributed by atoms with Gasteiger partial charge >= 0.3 is 0 Å². The summed E-state index contributed by atoms with van der Waals surface area (Å²) < 4.78 is 1.51. The lowest BCUT2D eigenvalue weighted by atomic mass is 10.0. The van der Waals surface area contributed by atoms with Gasteiger partial charge in [0.05, 0.1) is 10.6 Å². The predicted octanol–water partition coefficient (Wildman–Crippen LogP) is 2.65. The van der Waals surface area contributed by atoms with Crippen molar-refractivity contribution >= 4 is 11.6 Å². The highest BCUT2D eigenvalue weighted by molar-refractivity contribution is 5.92. The first-order valence-electron chi connectivity index (χ1n) is 8.21. The maximum atomic E-state index is 12.6. The van der Waals surface area contributed by atoms with E-state index >= 15 is 0 Å². The number of nitrogens with zero attached hydrogens (tertiary/aromatic N) is 4. The number of non-ortho nitro benzene ring substituents is 1. The standard InChI is InChI=1S/C17H18N4O3/c22-17(19-10-12-3-1-4-13(12)11-19)16-7-8-20(18-16)14-5-2-6-15(9-14)21(23)24/h2,5-9,12-13H,1,3-4,10-11H2/t12-,13-/m1/s1. The number of carbonyl (C=O) groups is 1. The molecule has 2 aliphatic rings. The number of rotatable bonds is 3. The van der Waals surface area contributed by atoms with Crippen molar-refractivity contribution < 1.29 is 9.72 Å². The molecule has 124 valence electrons. The first kappa shape index (κ1) is 14.9. The molecule has 4 rings (SSSR count). The van der Waals surface area contributed by atoms with Gasteiger partial charge in [0.2, 0.25) is 0 Å². The molecule has 2 fully saturated rings. The summed E-state index contributed by atoms with van der Waals surface area (Å²) in [6, 6.07) is 7.89. The maximum Gasteiger partial charge on any atom is 0.274 e. The van der Waals surface area contributed by atoms with Gasteiger partial charge in [-0.1, -0.05) is 12.5 Å². The molecular formula is C17H18N4O3. The molecule has 1 amide bonds. The van der Waals surface area contributed by atoms with Crippen molar-refractivity contribution in [2.45, 2.75) is 19.3 Å². The van der Waals surface area contributed by atoms with E-state index in [0.29, 0.717) is 23.2 Å². The van der Waals surface area contributed by atoms with Crippen molar-refractivity contribution in [3.05, 3.63) is 52.3 Å². The summed E-state index contributed by atoms with van der Waals surface area (Å²) in [6.07, 6.45) is 5.38. The van der Waals surface area contributed by atoms with Gasteiger partial charge in [0.25, 0.3) is 11.6 Å². The molecule has 0 spiro atoms. The summed E-state index contributed by atoms with van der Waals surface area (Å²) in [5.74, 6) is 1.24. The molecule has 7 heteroatoms. The van der Waals surface area contributed by atoms with E-state index in [1.54, 1.807) is 24.4 Å². The number of aromatic nitrogens is 2. The number of nitro benzene ring substituents is 1. The van der Waals surface area contributed by atoms with E-state index in [2.05, 4.69) is 5.10 Å². The van der Waals surface area contributed by atoms with Crippen molar-refractivity contribution in [2.24, 2.45) is 11.8 Å². The molecule has 1 aliphatic heterocycles. The first-order valence-corrected chi connectivity index (χ1v) is 8.21. The van der Waals surface area contributed by atoms with Gasteiger partial charge in [0, 0.05) is 31.4 Å². The van der Waals surface area contributed by atoms with Crippen LogP contribution in [0.5, 0.6) is 0 Å². The van der Waals surface area contributed by atoms with E-state index in [1.807, 2.05) is 4.90 Å². The Morgan fingerprint density at radius 1 is 1.21 bits per heavy atom. The largest absolute Gasteiger partial charge is 0.337 e. The van der Waals surface area contributed by atoms with Gasteiger partial charge in [0.1, 0.15) is 0 Å². The SMILES string of the molecule is O=C(c1ccn(-c2cccc([N+](=O)[O-])c2)n1)N1C[C@H]2CCC[C@@H]2C1. The smallest absolute Gasteiger partial charge is 0.274 e. The van der Waals surface area contributed by atoms with Gasteiger partial charge in [-0.15, -0.1) is 0 Å². The van der Waals surface area contributed by atoms with Crippen LogP contribution < -0.4 is 0 Å². The van der Waals surface area contributed by atoms with Crippen LogP contribution in [0.25, 0.3) is 5.69 Å². The van der Waals surface area contributed by atoms with E-state index in [0.717, 1.165) is 13.1 Å². The quantitative estimate of drug-likeness (QED) is 0.641. The second-order valence-electron chi connectivity index (χ2n) is 6.58. The average Bonchev–Trinajstić information content (AvgIpc) is 3.29. The van der Waals surface area contributed by atoms with Crippen LogP contribution in [0, 0.1) is 22.0 Å². The second-order valence-corrected chi connectivity index (χ2v) is 6.58. The lowest BCUT2D eigenvalue weighted by Crippen LogP contribution is -2.29. The highest BCUT2D eigenvalue weighted by Gasteiger charge is 2.38. The Morgan fingerprint density at radius 3 is 2.67 bits per heavy atom. The van der Waals surface area contributed by atoms with Crippen molar-refractivity contribution in [1.82, 2.24) is 14.7 Å². The number of benzene rings is 1. The fraction of sp³-hybridized carbons (Fsp3) is 0.412. The molecule has 1 aromatic carbocycles. The van der Waals surface area contributed by atoms with Crippen molar-refractivity contribution in [3.8, 4) is 5.69 Å². The van der Waals surface area contributed by atoms with Gasteiger partial charge in [-0.05, 0) is 36.8 Å². The molecule has 1 aromatic heterocycles. The zero-order valence-corrected chi connectivity index (χ0v) is 13.2. The zero-order valence-electron chi connectivity index (χ0n) is 13.2. The summed E-state index contributed by atoms with van der Waals surface area (Å²) in [7, 11) is 0. The van der Waals surface area contributed by atoms with Gasteiger partial charge in [-0.2, -0.15) is 5.10 Å². The van der Waals surface area contributed by atoms with Crippen LogP contribution in [0.2, 0.25) is 0 Å². The topological polar surface area (TPSA) is 81.3 Å². The number of amides is 1. The number of hydrogen-bond donors (Lipinski definition) is 0. The third-order valence-electron chi connectivity index (χ3n) is 5.13. The molecule has 0 radical (unpaired) electrons. The number of fused-ring (bicyclic) bond motifs is 1. The Morgan fingerprint density at radius 2 is 1.96 bits per heavy atom. The monoisotopic (exact) mass is 326 g/mol. The minimum absolute atomic E-state index is 0.00300. The number of likely N-dealkylation sites (tertiary alicyclic amines) is 1. The summed E-state index contributed by atoms with van der Waals surface area (Å²) in [5, 5.41) is 15.2. The number of nitro groups is 1. The van der Waals surface area contributed by atoms with Crippen molar-refractivity contribution in [2.75, 3.05) is 13.1 Å². The third-order valence-corrected chi connectivity index (χ3v) is 5.13. The zero-order chi connectivity index (χ0) is 16.7. The molecule has 24 heavy (non-hydrogen) atoms. The predicted molar refractivity (Wildman–Crippen MR) is 87.0 cm³/mol. The Labute approximate surface area is 139 Å². The molecule has 7 nitrogen and oxygen atoms in total. The molecule has 0 N–H and O–H groups in total. The van der Waals surface area contributed by atoms with Crippen LogP contribution in [0.4, 0.5) is 5.69 Å². The molecular weight excluding hydrogens is 308 g/mol. The molecule has 1 saturated carbocycles. The minimum atomic E-state index is -0.442. The lowest BCUT2D eigenvalue weighted by Gasteiger charge is -2.15. The van der Waals surface area contributed by atoms with Crippen LogP contribution in [0.3, 0.4) is 0 Å². The van der Waals surface area contributed by atoms with Crippen LogP contribution in [-0.2, 0) is 0 Å². The average molecular weight is 326 g/mol. The molecule has 0 bridgehead atoms. The molecule has 1 aliphatic carbocycles. The summed E-state index contributed by atoms with van der Waals surface area (Å²) in [4.78, 5) is 25.0. The Balaban J connectivity index is 1.53. The van der Waals surface area contributed by atoms with Gasteiger partial charge in [-0.25, -0.2) is 4.68 Å². The summed E-state index contributed by atoms with van der Waals surface area (Å²) >= 11 is 0. The molecule has 1 saturated heterocycles. The first-order chi connectivity index (χ1) is 11.6. The summed E-state index contributed by atoms with van der Waals surface area (Å²) in [6.45, 7) is 1.65. The van der Waals surface area contributed by atoms with Crippen molar-refractivity contribution in [3.63, 3.8) is 0 Å². The van der Waals surface area contributed by atoms with Crippen LogP contribution in [0.1, 0.15) is 29.8 Å². The Bertz CT molecular complexity index is 789. The van der Waals surface area contributed by atoms with E-state index in [-0.39, 0.29) is 11.6 Å². The van der Waals surface area contributed by atoms with Crippen molar-refractivity contribution in [1.29, 1.82) is 0 Å². The molecule has 2 aromatic rings. The fourth-order valence-electron chi connectivity index (χ4n) is 3.89. The second kappa shape index (κ2) is 5.74. The highest BCUT2D eigenvalue weighted by atomic mass is 16.6. The fourth-order valence-corrected chi connectivity index (χ4v) is 3.89. The summed E-state index contributed by atoms with van der Waals surface area (Å²) in [5.41, 5.74) is 0.964. The van der Waals surface area contributed by atoms with Gasteiger partial charge in [-0.3, -0.25) is 14.9 Å². The number of hydrogen-bond acceptors (Lipinski definition) is 4. The Kier molecular flexibility index (Phi) is 3.55. The van der Waals surface area contributed by atoms with Crippen LogP contribution in [-0.4, -0.2) is 38.6 Å². The van der Waals surface area contributed by atoms with Gasteiger partial charge in [0.15, 0.2) is 5.69 Å². The van der Waals surface area contributed by atoms with E-state index in [9.17, 15) is 14.9 Å². The molecule has 2 atom stereocenters. The lowest BCUT2D eigenvalue weighted by molar-refractivity contribution is -0.384. The van der Waals surface area contributed by atoms with E-state index in [1.165, 1.54) is 36.1 Å². The molecule has 0 unspecified atom stereocenters. The third kappa shape index (κ3) is 2.55. The minimum Gasteiger partial charge on any atom is -0.337 e. The molecule has 2 heterocycles. The van der Waals surface area contributed by atoms with Crippen LogP contribution in [0.15, 0.2) is 36.5 Å². The van der Waals surface area contributed by atoms with E-state index < -0.39 is 4.92 Å². The van der Waals surface area contributed by atoms with E-state index in [4.69, 9.17) is 0 Å². The number of carbonyl (C=O) groups excluding carboxylic acids is 1.